The summed E-state index contributed by atoms with van der Waals surface area (Å²) in [7, 11) is 1.27. The Hall–Kier alpha value is -3.14. The molecule has 0 radical (unpaired) electrons. The highest BCUT2D eigenvalue weighted by atomic mass is 16.7. The Bertz CT molecular complexity index is 880. The third kappa shape index (κ3) is 11.5. The molecule has 1 N–H and O–H groups in total. The van der Waals surface area contributed by atoms with E-state index in [2.05, 4.69) is 5.32 Å². The van der Waals surface area contributed by atoms with Crippen molar-refractivity contribution in [2.24, 2.45) is 17.8 Å². The summed E-state index contributed by atoms with van der Waals surface area (Å²) in [6, 6.07) is 3.95. The molecular weight excluding hydrogens is 470 g/mol. The van der Waals surface area contributed by atoms with Crippen LogP contribution >= 0.6 is 0 Å². The van der Waals surface area contributed by atoms with Gasteiger partial charge in [0.15, 0.2) is 11.5 Å². The highest BCUT2D eigenvalue weighted by Gasteiger charge is 2.22. The number of hydrogen-bond acceptors (Lipinski definition) is 10. The number of benzene rings is 1. The van der Waals surface area contributed by atoms with Crippen LogP contribution in [0.25, 0.3) is 0 Å². The summed E-state index contributed by atoms with van der Waals surface area (Å²) in [6.07, 6.45) is 0.146. The van der Waals surface area contributed by atoms with E-state index in [1.165, 1.54) is 13.2 Å². The molecule has 0 unspecified atom stereocenters. The Kier molecular flexibility index (Phi) is 13.5. The van der Waals surface area contributed by atoms with E-state index in [9.17, 15) is 19.2 Å². The predicted octanol–water partition coefficient (Wildman–Crippen LogP) is 3.68. The molecule has 202 valence electrons. The first-order chi connectivity index (χ1) is 16.9. The lowest BCUT2D eigenvalue weighted by Crippen LogP contribution is -2.41. The summed E-state index contributed by atoms with van der Waals surface area (Å²) in [5.41, 5.74) is 0.628. The summed E-state index contributed by atoms with van der Waals surface area (Å²) >= 11 is 0. The molecule has 1 aromatic carbocycles. The number of esters is 3. The van der Waals surface area contributed by atoms with Gasteiger partial charge in [-0.05, 0) is 36.5 Å². The van der Waals surface area contributed by atoms with Gasteiger partial charge in [-0.3, -0.25) is 14.4 Å². The first-order valence-electron chi connectivity index (χ1n) is 12.1. The Morgan fingerprint density at radius 1 is 0.806 bits per heavy atom. The molecule has 0 spiro atoms. The van der Waals surface area contributed by atoms with Crippen LogP contribution in [0.3, 0.4) is 0 Å². The zero-order chi connectivity index (χ0) is 27.3. The molecule has 10 nitrogen and oxygen atoms in total. The van der Waals surface area contributed by atoms with Gasteiger partial charge in [0.05, 0.1) is 25.6 Å². The largest absolute Gasteiger partial charge is 0.508 e. The van der Waals surface area contributed by atoms with Crippen molar-refractivity contribution in [2.45, 2.75) is 60.4 Å². The number of nitrogens with one attached hydrogen (secondary N) is 1. The molecule has 0 aliphatic rings. The van der Waals surface area contributed by atoms with Crippen molar-refractivity contribution in [3.8, 4) is 11.5 Å². The van der Waals surface area contributed by atoms with Crippen LogP contribution < -0.4 is 14.8 Å². The molecular formula is C26H39NO9. The van der Waals surface area contributed by atoms with Gasteiger partial charge in [-0.15, -0.1) is 0 Å². The highest BCUT2D eigenvalue weighted by molar-refractivity contribution is 5.78. The maximum atomic E-state index is 12.3. The maximum Gasteiger partial charge on any atom is 0.508 e. The molecule has 0 bridgehead atoms. The topological polar surface area (TPSA) is 126 Å². The third-order valence-corrected chi connectivity index (χ3v) is 4.93. The summed E-state index contributed by atoms with van der Waals surface area (Å²) in [4.78, 5) is 48.2. The zero-order valence-electron chi connectivity index (χ0n) is 22.3. The lowest BCUT2D eigenvalue weighted by Gasteiger charge is -2.18. The van der Waals surface area contributed by atoms with Gasteiger partial charge < -0.3 is 29.0 Å². The van der Waals surface area contributed by atoms with Crippen LogP contribution in [0, 0.1) is 17.8 Å². The molecule has 0 saturated heterocycles. The second-order valence-electron chi connectivity index (χ2n) is 9.30. The van der Waals surface area contributed by atoms with Crippen molar-refractivity contribution in [1.29, 1.82) is 0 Å². The first kappa shape index (κ1) is 30.9. The van der Waals surface area contributed by atoms with Gasteiger partial charge >= 0.3 is 24.1 Å². The van der Waals surface area contributed by atoms with E-state index in [-0.39, 0.29) is 43.6 Å². The van der Waals surface area contributed by atoms with E-state index in [1.807, 2.05) is 13.8 Å². The van der Waals surface area contributed by atoms with Gasteiger partial charge in [0.25, 0.3) is 0 Å². The molecule has 1 atom stereocenters. The molecule has 10 heteroatoms. The summed E-state index contributed by atoms with van der Waals surface area (Å²) in [5.74, 6) is -1.66. The Balaban J connectivity index is 2.87. The Morgan fingerprint density at radius 3 is 1.94 bits per heavy atom. The lowest BCUT2D eigenvalue weighted by molar-refractivity contribution is -0.143. The zero-order valence-corrected chi connectivity index (χ0v) is 22.3. The van der Waals surface area contributed by atoms with Gasteiger partial charge in [0, 0.05) is 6.54 Å². The maximum absolute atomic E-state index is 12.3. The fourth-order valence-electron chi connectivity index (χ4n) is 2.70. The van der Waals surface area contributed by atoms with Crippen LogP contribution in [0.2, 0.25) is 0 Å². The standard InChI is InChI=1S/C26H39NO9/c1-16(2)10-12-33-26(31)34-13-11-27-20(25(30)32-7)14-19-8-9-21(35-23(28)17(3)4)22(15-19)36-24(29)18(5)6/h8-9,15-18,20,27H,10-14H2,1-7H3/t20-/m0/s1. The van der Waals surface area contributed by atoms with Crippen LogP contribution in [0.5, 0.6) is 11.5 Å². The average molecular weight is 510 g/mol. The Labute approximate surface area is 212 Å². The normalized spacial score (nSPS) is 11.8. The van der Waals surface area contributed by atoms with Gasteiger partial charge in [-0.25, -0.2) is 4.79 Å². The van der Waals surface area contributed by atoms with Crippen LogP contribution in [0.15, 0.2) is 18.2 Å². The van der Waals surface area contributed by atoms with Crippen LogP contribution in [-0.2, 0) is 35.0 Å². The third-order valence-electron chi connectivity index (χ3n) is 4.93. The minimum Gasteiger partial charge on any atom is -0.468 e. The molecule has 0 fully saturated rings. The van der Waals surface area contributed by atoms with Crippen molar-refractivity contribution in [2.75, 3.05) is 26.9 Å². The highest BCUT2D eigenvalue weighted by Crippen LogP contribution is 2.30. The lowest BCUT2D eigenvalue weighted by atomic mass is 10.0. The fraction of sp³-hybridized carbons (Fsp3) is 0.615. The van der Waals surface area contributed by atoms with E-state index >= 15 is 0 Å². The van der Waals surface area contributed by atoms with Crippen LogP contribution in [0.4, 0.5) is 4.79 Å². The monoisotopic (exact) mass is 509 g/mol. The van der Waals surface area contributed by atoms with E-state index in [0.29, 0.717) is 11.5 Å². The van der Waals surface area contributed by atoms with Crippen LogP contribution in [-0.4, -0.2) is 57.0 Å². The van der Waals surface area contributed by atoms with Gasteiger partial charge in [0.2, 0.25) is 0 Å². The van der Waals surface area contributed by atoms with Crippen molar-refractivity contribution in [3.63, 3.8) is 0 Å². The summed E-state index contributed by atoms with van der Waals surface area (Å²) < 4.78 is 25.7. The first-order valence-corrected chi connectivity index (χ1v) is 12.1. The van der Waals surface area contributed by atoms with Crippen LogP contribution in [0.1, 0.15) is 53.5 Å². The van der Waals surface area contributed by atoms with Gasteiger partial charge in [-0.2, -0.15) is 0 Å². The number of rotatable bonds is 14. The summed E-state index contributed by atoms with van der Waals surface area (Å²) in [6.45, 7) is 11.3. The van der Waals surface area contributed by atoms with Gasteiger partial charge in [0.1, 0.15) is 12.6 Å². The molecule has 0 amide bonds. The molecule has 0 aliphatic heterocycles. The molecule has 0 saturated carbocycles. The molecule has 36 heavy (non-hydrogen) atoms. The van der Waals surface area contributed by atoms with Crippen molar-refractivity contribution in [1.82, 2.24) is 5.32 Å². The second kappa shape index (κ2) is 15.8. The van der Waals surface area contributed by atoms with E-state index < -0.39 is 36.0 Å². The number of carbonyl (C=O) groups is 4. The number of carbonyl (C=O) groups excluding carboxylic acids is 4. The Morgan fingerprint density at radius 2 is 1.39 bits per heavy atom. The number of ether oxygens (including phenoxy) is 5. The quantitative estimate of drug-likeness (QED) is 0.225. The van der Waals surface area contributed by atoms with E-state index in [1.54, 1.807) is 39.8 Å². The molecule has 0 aliphatic carbocycles. The van der Waals surface area contributed by atoms with Gasteiger partial charge in [-0.1, -0.05) is 47.6 Å². The summed E-state index contributed by atoms with van der Waals surface area (Å²) in [5, 5.41) is 2.99. The van der Waals surface area contributed by atoms with Crippen molar-refractivity contribution < 1.29 is 42.9 Å². The number of hydrogen-bond donors (Lipinski definition) is 1. The number of methoxy groups -OCH3 is 1. The predicted molar refractivity (Wildman–Crippen MR) is 132 cm³/mol. The molecule has 0 aromatic heterocycles. The fourth-order valence-corrected chi connectivity index (χ4v) is 2.70. The molecule has 0 heterocycles. The smallest absolute Gasteiger partial charge is 0.468 e. The minimum atomic E-state index is -0.770. The SMILES string of the molecule is COC(=O)[C@H](Cc1ccc(OC(=O)C(C)C)c(OC(=O)C(C)C)c1)NCCOC(=O)OCCC(C)C. The second-order valence-corrected chi connectivity index (χ2v) is 9.30. The van der Waals surface area contributed by atoms with E-state index in [4.69, 9.17) is 23.7 Å². The van der Waals surface area contributed by atoms with Crippen molar-refractivity contribution in [3.05, 3.63) is 23.8 Å². The van der Waals surface area contributed by atoms with Crippen molar-refractivity contribution >= 4 is 24.1 Å². The molecule has 1 rings (SSSR count). The minimum absolute atomic E-state index is 0.00461. The molecule has 1 aromatic rings. The average Bonchev–Trinajstić information content (AvgIpc) is 2.81. The van der Waals surface area contributed by atoms with E-state index in [0.717, 1.165) is 6.42 Å².